The highest BCUT2D eigenvalue weighted by atomic mass is 35.5. The first-order chi connectivity index (χ1) is 13.3. The third-order valence-electron chi connectivity index (χ3n) is 4.47. The van der Waals surface area contributed by atoms with E-state index in [2.05, 4.69) is 5.32 Å². The number of allylic oxidation sites excluding steroid dienone is 1. The minimum absolute atomic E-state index is 0.158. The summed E-state index contributed by atoms with van der Waals surface area (Å²) in [5.41, 5.74) is 2.60. The fourth-order valence-electron chi connectivity index (χ4n) is 3.09. The number of anilines is 1. The second kappa shape index (κ2) is 8.00. The Kier molecular flexibility index (Phi) is 5.67. The standard InChI is InChI=1S/C20H17ClN2O4S/c1-11-16(19(26)27-2)17(12-3-5-13(6-4-12)18(24)25)22-20(28)23(11)15-9-7-14(21)8-10-15/h3-10,17H,1-2H3,(H,22,28)(H,24,25)/t17-/m0/s1. The fourth-order valence-corrected chi connectivity index (χ4v) is 3.57. The molecule has 0 spiro atoms. The second-order valence-corrected chi connectivity index (χ2v) is 6.94. The summed E-state index contributed by atoms with van der Waals surface area (Å²) in [6.07, 6.45) is 0. The number of nitrogens with one attached hydrogen (secondary N) is 1. The molecule has 8 heteroatoms. The molecule has 3 rings (SSSR count). The summed E-state index contributed by atoms with van der Waals surface area (Å²) in [7, 11) is 1.31. The quantitative estimate of drug-likeness (QED) is 0.577. The summed E-state index contributed by atoms with van der Waals surface area (Å²) in [4.78, 5) is 25.4. The van der Waals surface area contributed by atoms with Crippen molar-refractivity contribution in [2.45, 2.75) is 13.0 Å². The molecule has 1 atom stereocenters. The van der Waals surface area contributed by atoms with Crippen molar-refractivity contribution in [2.24, 2.45) is 0 Å². The van der Waals surface area contributed by atoms with Crippen LogP contribution in [0, 0.1) is 0 Å². The summed E-state index contributed by atoms with van der Waals surface area (Å²) >= 11 is 11.5. The van der Waals surface area contributed by atoms with Gasteiger partial charge in [0.05, 0.1) is 24.3 Å². The molecule has 1 heterocycles. The van der Waals surface area contributed by atoms with E-state index < -0.39 is 18.0 Å². The van der Waals surface area contributed by atoms with Gasteiger partial charge in [-0.2, -0.15) is 0 Å². The Morgan fingerprint density at radius 3 is 2.29 bits per heavy atom. The molecule has 2 aromatic carbocycles. The number of carbonyl (C=O) groups is 2. The Labute approximate surface area is 172 Å². The van der Waals surface area contributed by atoms with E-state index >= 15 is 0 Å². The van der Waals surface area contributed by atoms with E-state index in [0.717, 1.165) is 5.69 Å². The van der Waals surface area contributed by atoms with Gasteiger partial charge in [-0.1, -0.05) is 23.7 Å². The number of aromatic carboxylic acids is 1. The second-order valence-electron chi connectivity index (χ2n) is 6.11. The molecule has 0 fully saturated rings. The van der Waals surface area contributed by atoms with Gasteiger partial charge < -0.3 is 15.2 Å². The van der Waals surface area contributed by atoms with E-state index in [4.69, 9.17) is 33.7 Å². The number of carboxylic acids is 1. The zero-order valence-electron chi connectivity index (χ0n) is 15.1. The topological polar surface area (TPSA) is 78.9 Å². The van der Waals surface area contributed by atoms with Gasteiger partial charge in [-0.15, -0.1) is 0 Å². The van der Waals surface area contributed by atoms with E-state index in [1.807, 2.05) is 0 Å². The molecule has 2 N–H and O–H groups in total. The van der Waals surface area contributed by atoms with Crippen LogP contribution in [0.1, 0.15) is 28.9 Å². The minimum atomic E-state index is -1.02. The largest absolute Gasteiger partial charge is 0.478 e. The van der Waals surface area contributed by atoms with Crippen LogP contribution in [0.25, 0.3) is 0 Å². The van der Waals surface area contributed by atoms with Gasteiger partial charge in [-0.05, 0) is 61.1 Å². The number of methoxy groups -OCH3 is 1. The first-order valence-corrected chi connectivity index (χ1v) is 9.10. The number of carboxylic acid groups (broad SMARTS) is 1. The van der Waals surface area contributed by atoms with Crippen LogP contribution >= 0.6 is 23.8 Å². The number of esters is 1. The van der Waals surface area contributed by atoms with Crippen LogP contribution < -0.4 is 10.2 Å². The van der Waals surface area contributed by atoms with Crippen molar-refractivity contribution in [1.82, 2.24) is 5.32 Å². The smallest absolute Gasteiger partial charge is 0.337 e. The van der Waals surface area contributed by atoms with Crippen LogP contribution in [-0.2, 0) is 9.53 Å². The number of thiocarbonyl (C=S) groups is 1. The first kappa shape index (κ1) is 19.9. The maximum atomic E-state index is 12.6. The zero-order chi connectivity index (χ0) is 20.4. The van der Waals surface area contributed by atoms with E-state index in [1.54, 1.807) is 48.2 Å². The number of carbonyl (C=O) groups excluding carboxylic acids is 1. The Bertz CT molecular complexity index is 971. The van der Waals surface area contributed by atoms with Crippen molar-refractivity contribution in [1.29, 1.82) is 0 Å². The SMILES string of the molecule is COC(=O)C1=C(C)N(c2ccc(Cl)cc2)C(=S)N[C@H]1c1ccc(C(=O)O)cc1. The molecule has 0 unspecified atom stereocenters. The summed E-state index contributed by atoms with van der Waals surface area (Å²) in [5, 5.41) is 13.2. The normalized spacial score (nSPS) is 16.6. The molecule has 28 heavy (non-hydrogen) atoms. The average molecular weight is 417 g/mol. The lowest BCUT2D eigenvalue weighted by Crippen LogP contribution is -2.48. The van der Waals surface area contributed by atoms with Crippen LogP contribution in [0.3, 0.4) is 0 Å². The maximum absolute atomic E-state index is 12.6. The van der Waals surface area contributed by atoms with Gasteiger partial charge >= 0.3 is 11.9 Å². The molecule has 2 aromatic rings. The number of halogens is 1. The van der Waals surface area contributed by atoms with Gasteiger partial charge in [0.2, 0.25) is 0 Å². The van der Waals surface area contributed by atoms with Crippen molar-refractivity contribution in [2.75, 3.05) is 12.0 Å². The van der Waals surface area contributed by atoms with Crippen molar-refractivity contribution in [3.8, 4) is 0 Å². The number of benzene rings is 2. The maximum Gasteiger partial charge on any atom is 0.337 e. The summed E-state index contributed by atoms with van der Waals surface area (Å²) in [6, 6.07) is 12.8. The number of ether oxygens (including phenoxy) is 1. The Hall–Kier alpha value is -2.90. The van der Waals surface area contributed by atoms with Gasteiger partial charge in [-0.25, -0.2) is 9.59 Å². The highest BCUT2D eigenvalue weighted by molar-refractivity contribution is 7.80. The third-order valence-corrected chi connectivity index (χ3v) is 5.02. The number of rotatable bonds is 4. The number of hydrogen-bond acceptors (Lipinski definition) is 4. The lowest BCUT2D eigenvalue weighted by atomic mass is 9.94. The lowest BCUT2D eigenvalue weighted by molar-refractivity contribution is -0.136. The third kappa shape index (κ3) is 3.72. The molecule has 144 valence electrons. The molecule has 0 saturated carbocycles. The zero-order valence-corrected chi connectivity index (χ0v) is 16.7. The first-order valence-electron chi connectivity index (χ1n) is 8.32. The van der Waals surface area contributed by atoms with E-state index in [1.165, 1.54) is 19.2 Å². The summed E-state index contributed by atoms with van der Waals surface area (Å²) in [6.45, 7) is 1.78. The Morgan fingerprint density at radius 2 is 1.75 bits per heavy atom. The Balaban J connectivity index is 2.09. The number of nitrogens with zero attached hydrogens (tertiary/aromatic N) is 1. The van der Waals surface area contributed by atoms with E-state index in [9.17, 15) is 9.59 Å². The fraction of sp³-hybridized carbons (Fsp3) is 0.150. The highest BCUT2D eigenvalue weighted by Crippen LogP contribution is 2.34. The van der Waals surface area contributed by atoms with Crippen molar-refractivity contribution < 1.29 is 19.4 Å². The molecule has 1 aliphatic rings. The summed E-state index contributed by atoms with van der Waals surface area (Å²) in [5.74, 6) is -1.52. The molecule has 0 radical (unpaired) electrons. The minimum Gasteiger partial charge on any atom is -0.478 e. The summed E-state index contributed by atoms with van der Waals surface area (Å²) < 4.78 is 4.99. The van der Waals surface area contributed by atoms with Crippen LogP contribution in [0.4, 0.5) is 5.69 Å². The van der Waals surface area contributed by atoms with Gasteiger partial charge in [-0.3, -0.25) is 4.90 Å². The molecule has 0 aromatic heterocycles. The molecule has 0 saturated heterocycles. The predicted octanol–water partition coefficient (Wildman–Crippen LogP) is 3.92. The van der Waals surface area contributed by atoms with Crippen molar-refractivity contribution in [3.63, 3.8) is 0 Å². The molecule has 0 aliphatic carbocycles. The molecule has 6 nitrogen and oxygen atoms in total. The molecule has 0 bridgehead atoms. The average Bonchev–Trinajstić information content (AvgIpc) is 2.68. The predicted molar refractivity (Wildman–Crippen MR) is 111 cm³/mol. The highest BCUT2D eigenvalue weighted by Gasteiger charge is 2.35. The van der Waals surface area contributed by atoms with Crippen LogP contribution in [0.15, 0.2) is 59.8 Å². The van der Waals surface area contributed by atoms with E-state index in [-0.39, 0.29) is 5.56 Å². The molecular formula is C20H17ClN2O4S. The van der Waals surface area contributed by atoms with Gasteiger partial charge in [0.25, 0.3) is 0 Å². The van der Waals surface area contributed by atoms with Gasteiger partial charge in [0.1, 0.15) is 0 Å². The van der Waals surface area contributed by atoms with Crippen molar-refractivity contribution in [3.05, 3.63) is 76.0 Å². The monoisotopic (exact) mass is 416 g/mol. The van der Waals surface area contributed by atoms with Gasteiger partial charge in [0, 0.05) is 16.4 Å². The number of hydrogen-bond donors (Lipinski definition) is 2. The molecular weight excluding hydrogens is 400 g/mol. The van der Waals surface area contributed by atoms with Gasteiger partial charge in [0.15, 0.2) is 5.11 Å². The molecule has 0 amide bonds. The Morgan fingerprint density at radius 1 is 1.14 bits per heavy atom. The van der Waals surface area contributed by atoms with Crippen LogP contribution in [-0.4, -0.2) is 29.3 Å². The van der Waals surface area contributed by atoms with Crippen LogP contribution in [0.2, 0.25) is 5.02 Å². The van der Waals surface area contributed by atoms with E-state index in [0.29, 0.717) is 27.0 Å². The molecule has 1 aliphatic heterocycles. The van der Waals surface area contributed by atoms with Crippen molar-refractivity contribution >= 4 is 46.6 Å². The van der Waals surface area contributed by atoms with Crippen LogP contribution in [0.5, 0.6) is 0 Å². The lowest BCUT2D eigenvalue weighted by Gasteiger charge is -2.37.